The Bertz CT molecular complexity index is 1310. The summed E-state index contributed by atoms with van der Waals surface area (Å²) in [5, 5.41) is 15.0. The molecular weight excluding hydrogens is 434 g/mol. The molecule has 2 unspecified atom stereocenters. The van der Waals surface area contributed by atoms with Crippen LogP contribution in [0, 0.1) is 0 Å². The van der Waals surface area contributed by atoms with Crippen LogP contribution < -0.4 is 5.32 Å². The fourth-order valence-corrected chi connectivity index (χ4v) is 4.28. The van der Waals surface area contributed by atoms with Gasteiger partial charge >= 0.3 is 6.09 Å². The van der Waals surface area contributed by atoms with Crippen molar-refractivity contribution in [3.8, 4) is 5.75 Å². The molecule has 2 atom stereocenters. The number of oxazole rings is 1. The van der Waals surface area contributed by atoms with Crippen molar-refractivity contribution < 1.29 is 23.8 Å². The molecule has 2 heterocycles. The van der Waals surface area contributed by atoms with E-state index >= 15 is 0 Å². The van der Waals surface area contributed by atoms with Crippen LogP contribution in [0.25, 0.3) is 10.8 Å². The third-order valence-corrected chi connectivity index (χ3v) is 5.96. The fraction of sp³-hybridized carbons (Fsp3) is 0.192. The highest BCUT2D eigenvalue weighted by atomic mass is 16.6. The monoisotopic (exact) mass is 457 g/mol. The van der Waals surface area contributed by atoms with Gasteiger partial charge < -0.3 is 19.6 Å². The predicted octanol–water partition coefficient (Wildman–Crippen LogP) is 4.42. The summed E-state index contributed by atoms with van der Waals surface area (Å²) in [6, 6.07) is 19.2. The Kier molecular flexibility index (Phi) is 5.86. The molecule has 1 saturated heterocycles. The quantitative estimate of drug-likeness (QED) is 0.460. The average molecular weight is 457 g/mol. The number of hydrogen-bond acceptors (Lipinski definition) is 6. The van der Waals surface area contributed by atoms with Crippen molar-refractivity contribution in [3.05, 3.63) is 96.2 Å². The van der Waals surface area contributed by atoms with Crippen molar-refractivity contribution in [1.82, 2.24) is 15.2 Å². The Morgan fingerprint density at radius 1 is 1.09 bits per heavy atom. The molecule has 4 aromatic rings. The normalized spacial score (nSPS) is 17.6. The van der Waals surface area contributed by atoms with Gasteiger partial charge in [-0.3, -0.25) is 9.69 Å². The third-order valence-electron chi connectivity index (χ3n) is 5.96. The zero-order chi connectivity index (χ0) is 23.5. The zero-order valence-corrected chi connectivity index (χ0v) is 18.3. The second-order valence-corrected chi connectivity index (χ2v) is 8.17. The maximum absolute atomic E-state index is 13.0. The van der Waals surface area contributed by atoms with Crippen LogP contribution in [0.3, 0.4) is 0 Å². The molecule has 172 valence electrons. The van der Waals surface area contributed by atoms with Crippen LogP contribution in [0.4, 0.5) is 4.79 Å². The number of aromatic hydroxyl groups is 1. The molecule has 1 aliphatic rings. The molecule has 2 N–H and O–H groups in total. The zero-order valence-electron chi connectivity index (χ0n) is 18.3. The number of hydrogen-bond donors (Lipinski definition) is 2. The minimum Gasteiger partial charge on any atom is -0.506 e. The number of fused-ring (bicyclic) bond motifs is 1. The minimum absolute atomic E-state index is 0.0722. The molecule has 8 heteroatoms. The van der Waals surface area contributed by atoms with E-state index in [0.29, 0.717) is 17.7 Å². The fourth-order valence-electron chi connectivity index (χ4n) is 4.28. The van der Waals surface area contributed by atoms with E-state index in [-0.39, 0.29) is 30.5 Å². The topological polar surface area (TPSA) is 105 Å². The molecule has 34 heavy (non-hydrogen) atoms. The first-order chi connectivity index (χ1) is 16.6. The lowest BCUT2D eigenvalue weighted by Gasteiger charge is -2.21. The molecule has 0 spiro atoms. The Labute approximate surface area is 195 Å². The van der Waals surface area contributed by atoms with Gasteiger partial charge in [-0.15, -0.1) is 0 Å². The van der Waals surface area contributed by atoms with Crippen molar-refractivity contribution in [2.75, 3.05) is 6.54 Å². The summed E-state index contributed by atoms with van der Waals surface area (Å²) >= 11 is 0. The van der Waals surface area contributed by atoms with E-state index in [1.807, 2.05) is 42.5 Å². The van der Waals surface area contributed by atoms with Crippen molar-refractivity contribution in [2.45, 2.75) is 25.1 Å². The summed E-state index contributed by atoms with van der Waals surface area (Å²) in [5.74, 6) is -0.113. The number of amides is 2. The van der Waals surface area contributed by atoms with Crippen LogP contribution in [0.1, 0.15) is 34.3 Å². The summed E-state index contributed by atoms with van der Waals surface area (Å²) in [7, 11) is 0. The summed E-state index contributed by atoms with van der Waals surface area (Å²) in [6.45, 7) is 0.358. The van der Waals surface area contributed by atoms with Gasteiger partial charge in [0.25, 0.3) is 5.91 Å². The van der Waals surface area contributed by atoms with Crippen molar-refractivity contribution >= 4 is 22.8 Å². The molecule has 8 nitrogen and oxygen atoms in total. The molecule has 0 aliphatic carbocycles. The molecule has 5 rings (SSSR count). The van der Waals surface area contributed by atoms with Gasteiger partial charge in [-0.25, -0.2) is 9.78 Å². The molecular formula is C26H23N3O5. The van der Waals surface area contributed by atoms with Crippen molar-refractivity contribution in [1.29, 1.82) is 0 Å². The number of phenolic OH excluding ortho intramolecular Hbond substituents is 1. The summed E-state index contributed by atoms with van der Waals surface area (Å²) in [6.07, 6.45) is 2.85. The number of benzene rings is 3. The number of carbonyl (C=O) groups is 2. The number of nitrogens with one attached hydrogen (secondary N) is 1. The van der Waals surface area contributed by atoms with Crippen LogP contribution in [-0.4, -0.2) is 39.6 Å². The lowest BCUT2D eigenvalue weighted by atomic mass is 10.0. The van der Waals surface area contributed by atoms with Gasteiger partial charge in [0.15, 0.2) is 0 Å². The first-order valence-corrected chi connectivity index (χ1v) is 11.0. The van der Waals surface area contributed by atoms with Crippen LogP contribution in [0.15, 0.2) is 83.6 Å². The number of likely N-dealkylation sites (tertiary alicyclic amines) is 1. The second-order valence-electron chi connectivity index (χ2n) is 8.17. The van der Waals surface area contributed by atoms with E-state index in [1.54, 1.807) is 24.3 Å². The van der Waals surface area contributed by atoms with Gasteiger partial charge in [-0.2, -0.15) is 0 Å². The smallest absolute Gasteiger partial charge is 0.410 e. The number of rotatable bonds is 5. The molecule has 1 fully saturated rings. The number of aromatic nitrogens is 1. The maximum atomic E-state index is 13.0. The van der Waals surface area contributed by atoms with Gasteiger partial charge in [0.2, 0.25) is 5.89 Å². The van der Waals surface area contributed by atoms with E-state index in [0.717, 1.165) is 10.9 Å². The Morgan fingerprint density at radius 2 is 1.88 bits per heavy atom. The largest absolute Gasteiger partial charge is 0.506 e. The molecule has 3 aromatic carbocycles. The molecule has 0 radical (unpaired) electrons. The Balaban J connectivity index is 1.31. The standard InChI is InChI=1S/C26H23N3O5/c30-23-20-9-5-4-8-18(20)10-11-21(23)24(31)28-19-14-22(25-27-12-13-33-25)29(15-19)26(32)34-16-17-6-2-1-3-7-17/h1-13,19,22,30H,14-16H2,(H,28,31). The van der Waals surface area contributed by atoms with Gasteiger partial charge in [-0.05, 0) is 23.4 Å². The molecule has 1 aromatic heterocycles. The maximum Gasteiger partial charge on any atom is 0.410 e. The van der Waals surface area contributed by atoms with Crippen molar-refractivity contribution in [2.24, 2.45) is 0 Å². The van der Waals surface area contributed by atoms with E-state index in [4.69, 9.17) is 9.15 Å². The highest BCUT2D eigenvalue weighted by Crippen LogP contribution is 2.33. The average Bonchev–Trinajstić information content (AvgIpc) is 3.54. The summed E-state index contributed by atoms with van der Waals surface area (Å²) in [4.78, 5) is 31.6. The Hall–Kier alpha value is -4.33. The first kappa shape index (κ1) is 21.5. The summed E-state index contributed by atoms with van der Waals surface area (Å²) < 4.78 is 11.0. The predicted molar refractivity (Wildman–Crippen MR) is 124 cm³/mol. The van der Waals surface area contributed by atoms with Crippen LogP contribution in [0.5, 0.6) is 5.75 Å². The van der Waals surface area contributed by atoms with Gasteiger partial charge in [0.05, 0.1) is 11.8 Å². The number of carbonyl (C=O) groups excluding carboxylic acids is 2. The van der Waals surface area contributed by atoms with Gasteiger partial charge in [-0.1, -0.05) is 60.7 Å². The highest BCUT2D eigenvalue weighted by Gasteiger charge is 2.40. The van der Waals surface area contributed by atoms with Crippen LogP contribution in [0.2, 0.25) is 0 Å². The van der Waals surface area contributed by atoms with Gasteiger partial charge in [0, 0.05) is 18.0 Å². The SMILES string of the molecule is O=C(NC1CC(c2ncco2)N(C(=O)OCc2ccccc2)C1)c1ccc2ccccc2c1O. The Morgan fingerprint density at radius 3 is 2.68 bits per heavy atom. The molecule has 0 saturated carbocycles. The first-order valence-electron chi connectivity index (χ1n) is 11.0. The lowest BCUT2D eigenvalue weighted by molar-refractivity contribution is 0.0859. The van der Waals surface area contributed by atoms with Crippen LogP contribution in [-0.2, 0) is 11.3 Å². The highest BCUT2D eigenvalue weighted by molar-refractivity contribution is 6.03. The van der Waals surface area contributed by atoms with E-state index in [9.17, 15) is 14.7 Å². The van der Waals surface area contributed by atoms with E-state index in [1.165, 1.54) is 17.4 Å². The lowest BCUT2D eigenvalue weighted by Crippen LogP contribution is -2.38. The number of nitrogens with zero attached hydrogens (tertiary/aromatic N) is 2. The number of phenols is 1. The van der Waals surface area contributed by atoms with Crippen molar-refractivity contribution in [3.63, 3.8) is 0 Å². The van der Waals surface area contributed by atoms with Crippen LogP contribution >= 0.6 is 0 Å². The number of ether oxygens (including phenoxy) is 1. The minimum atomic E-state index is -0.516. The molecule has 2 amide bonds. The summed E-state index contributed by atoms with van der Waals surface area (Å²) in [5.41, 5.74) is 1.05. The molecule has 1 aliphatic heterocycles. The molecule has 0 bridgehead atoms. The second kappa shape index (κ2) is 9.27. The third kappa shape index (κ3) is 4.30. The van der Waals surface area contributed by atoms with E-state index < -0.39 is 18.0 Å². The van der Waals surface area contributed by atoms with E-state index in [2.05, 4.69) is 10.3 Å². The van der Waals surface area contributed by atoms with Gasteiger partial charge in [0.1, 0.15) is 24.7 Å².